The van der Waals surface area contributed by atoms with E-state index in [0.717, 1.165) is 27.5 Å². The number of nitrogens with one attached hydrogen (secondary N) is 2. The summed E-state index contributed by atoms with van der Waals surface area (Å²) in [5, 5.41) is 7.27. The summed E-state index contributed by atoms with van der Waals surface area (Å²) in [4.78, 5) is 25.8. The highest BCUT2D eigenvalue weighted by Gasteiger charge is 2.37. The Bertz CT molecular complexity index is 843. The van der Waals surface area contributed by atoms with Crippen LogP contribution >= 0.6 is 0 Å². The number of hydrogen-bond acceptors (Lipinski definition) is 4. The summed E-state index contributed by atoms with van der Waals surface area (Å²) in [6.07, 6.45) is 0.580. The largest absolute Gasteiger partial charge is 0.465 e. The van der Waals surface area contributed by atoms with Crippen molar-refractivity contribution in [3.05, 3.63) is 46.8 Å². The molecule has 2 atom stereocenters. The van der Waals surface area contributed by atoms with Crippen LogP contribution in [0, 0.1) is 13.8 Å². The molecule has 0 radical (unpaired) electrons. The molecule has 1 aromatic carbocycles. The number of quaternary nitrogens is 1. The fourth-order valence-corrected chi connectivity index (χ4v) is 3.58. The van der Waals surface area contributed by atoms with Crippen molar-refractivity contribution in [1.82, 2.24) is 9.78 Å². The minimum absolute atomic E-state index is 0.132. The first-order chi connectivity index (χ1) is 12.4. The fourth-order valence-electron chi connectivity index (χ4n) is 3.58. The van der Waals surface area contributed by atoms with Gasteiger partial charge in [0.25, 0.3) is 5.91 Å². The molecule has 26 heavy (non-hydrogen) atoms. The van der Waals surface area contributed by atoms with E-state index in [2.05, 4.69) is 16.5 Å². The zero-order valence-corrected chi connectivity index (χ0v) is 15.6. The minimum Gasteiger partial charge on any atom is -0.465 e. The van der Waals surface area contributed by atoms with E-state index in [1.54, 1.807) is 4.68 Å². The molecule has 1 amide bonds. The van der Waals surface area contributed by atoms with E-state index in [1.807, 2.05) is 39.1 Å². The number of benzene rings is 1. The average molecular weight is 357 g/mol. The molecule has 1 aromatic heterocycles. The third-order valence-electron chi connectivity index (χ3n) is 5.10. The number of aryl methyl sites for hydroxylation is 2. The molecule has 1 aliphatic rings. The number of rotatable bonds is 4. The van der Waals surface area contributed by atoms with Crippen LogP contribution in [-0.4, -0.2) is 41.4 Å². The molecule has 0 fully saturated rings. The first-order valence-corrected chi connectivity index (χ1v) is 8.70. The van der Waals surface area contributed by atoms with Gasteiger partial charge in [0, 0.05) is 19.0 Å². The van der Waals surface area contributed by atoms with Crippen LogP contribution in [0.4, 0.5) is 5.69 Å². The van der Waals surface area contributed by atoms with Crippen molar-refractivity contribution in [2.45, 2.75) is 32.9 Å². The number of aromatic nitrogens is 2. The van der Waals surface area contributed by atoms with Crippen LogP contribution in [0.1, 0.15) is 22.5 Å². The number of carbonyl (C=O) groups is 2. The Hall–Kier alpha value is -2.67. The number of carbonyl (C=O) groups excluding carboxylic acids is 2. The first kappa shape index (κ1) is 18.1. The van der Waals surface area contributed by atoms with Gasteiger partial charge in [-0.2, -0.15) is 5.10 Å². The van der Waals surface area contributed by atoms with E-state index < -0.39 is 0 Å². The zero-order valence-electron chi connectivity index (χ0n) is 15.6. The molecule has 0 saturated carbocycles. The smallest absolute Gasteiger partial charge is 0.365 e. The van der Waals surface area contributed by atoms with E-state index in [9.17, 15) is 9.59 Å². The van der Waals surface area contributed by atoms with Crippen molar-refractivity contribution in [2.75, 3.05) is 19.0 Å². The maximum atomic E-state index is 12.6. The third kappa shape index (κ3) is 3.48. The van der Waals surface area contributed by atoms with Gasteiger partial charge in [0.2, 0.25) is 0 Å². The third-order valence-corrected chi connectivity index (χ3v) is 5.10. The number of amides is 1. The molecular weight excluding hydrogens is 332 g/mol. The Balaban J connectivity index is 1.77. The maximum absolute atomic E-state index is 12.6. The van der Waals surface area contributed by atoms with Crippen molar-refractivity contribution in [1.29, 1.82) is 0 Å². The lowest BCUT2D eigenvalue weighted by Crippen LogP contribution is -3.17. The summed E-state index contributed by atoms with van der Waals surface area (Å²) < 4.78 is 6.71. The summed E-state index contributed by atoms with van der Waals surface area (Å²) in [5.74, 6) is -0.413. The van der Waals surface area contributed by atoms with Crippen LogP contribution in [0.5, 0.6) is 0 Å². The summed E-state index contributed by atoms with van der Waals surface area (Å²) in [6, 6.07) is 7.66. The molecule has 2 N–H and O–H groups in total. The number of nitrogens with zero attached hydrogens (tertiary/aromatic N) is 2. The van der Waals surface area contributed by atoms with Gasteiger partial charge >= 0.3 is 5.97 Å². The molecule has 2 heterocycles. The van der Waals surface area contributed by atoms with Gasteiger partial charge < -0.3 is 15.0 Å². The van der Waals surface area contributed by atoms with Crippen molar-refractivity contribution < 1.29 is 19.2 Å². The first-order valence-electron chi connectivity index (χ1n) is 8.70. The SMILES string of the molecule is COC(=O)[C@H]1Cc2ccccc2C[NH+]1CC(=O)Nc1c(C)nn(C)c1C. The van der Waals surface area contributed by atoms with E-state index in [-0.39, 0.29) is 24.5 Å². The highest BCUT2D eigenvalue weighted by Crippen LogP contribution is 2.18. The Morgan fingerprint density at radius 2 is 2.00 bits per heavy atom. The molecule has 1 aliphatic heterocycles. The molecule has 1 unspecified atom stereocenters. The minimum atomic E-state index is -0.378. The lowest BCUT2D eigenvalue weighted by molar-refractivity contribution is -0.924. The Morgan fingerprint density at radius 1 is 1.31 bits per heavy atom. The van der Waals surface area contributed by atoms with Crippen LogP contribution in [0.15, 0.2) is 24.3 Å². The molecule has 0 bridgehead atoms. The Morgan fingerprint density at radius 3 is 2.62 bits per heavy atom. The number of methoxy groups -OCH3 is 1. The fraction of sp³-hybridized carbons (Fsp3) is 0.421. The monoisotopic (exact) mass is 357 g/mol. The molecule has 138 valence electrons. The van der Waals surface area contributed by atoms with Gasteiger partial charge in [0.05, 0.1) is 24.2 Å². The second kappa shape index (κ2) is 7.29. The average Bonchev–Trinajstić information content (AvgIpc) is 2.86. The summed E-state index contributed by atoms with van der Waals surface area (Å²) in [7, 11) is 3.24. The van der Waals surface area contributed by atoms with Crippen molar-refractivity contribution in [3.8, 4) is 0 Å². The van der Waals surface area contributed by atoms with E-state index in [1.165, 1.54) is 12.7 Å². The van der Waals surface area contributed by atoms with Crippen molar-refractivity contribution >= 4 is 17.6 Å². The number of ether oxygens (including phenoxy) is 1. The molecular formula is C19H25N4O3+. The van der Waals surface area contributed by atoms with Crippen LogP contribution in [0.2, 0.25) is 0 Å². The van der Waals surface area contributed by atoms with Gasteiger partial charge in [-0.3, -0.25) is 9.48 Å². The number of anilines is 1. The lowest BCUT2D eigenvalue weighted by Gasteiger charge is -2.31. The van der Waals surface area contributed by atoms with Crippen LogP contribution in [0.3, 0.4) is 0 Å². The summed E-state index contributed by atoms with van der Waals surface area (Å²) >= 11 is 0. The predicted molar refractivity (Wildman–Crippen MR) is 96.8 cm³/mol. The maximum Gasteiger partial charge on any atom is 0.365 e. The zero-order chi connectivity index (χ0) is 18.8. The summed E-state index contributed by atoms with van der Waals surface area (Å²) in [6.45, 7) is 4.59. The molecule has 7 heteroatoms. The molecule has 0 saturated heterocycles. The molecule has 7 nitrogen and oxygen atoms in total. The van der Waals surface area contributed by atoms with Gasteiger partial charge in [-0.1, -0.05) is 24.3 Å². The van der Waals surface area contributed by atoms with Gasteiger partial charge in [0.15, 0.2) is 12.6 Å². The highest BCUT2D eigenvalue weighted by molar-refractivity contribution is 5.92. The summed E-state index contributed by atoms with van der Waals surface area (Å²) in [5.41, 5.74) is 4.74. The number of esters is 1. The lowest BCUT2D eigenvalue weighted by atomic mass is 9.94. The van der Waals surface area contributed by atoms with Crippen molar-refractivity contribution in [2.24, 2.45) is 7.05 Å². The van der Waals surface area contributed by atoms with Gasteiger partial charge in [-0.25, -0.2) is 4.79 Å². The second-order valence-electron chi connectivity index (χ2n) is 6.78. The Labute approximate surface area is 152 Å². The van der Waals surface area contributed by atoms with Gasteiger partial charge in [-0.05, 0) is 19.4 Å². The normalized spacial score (nSPS) is 18.9. The quantitative estimate of drug-likeness (QED) is 0.764. The predicted octanol–water partition coefficient (Wildman–Crippen LogP) is 0.158. The van der Waals surface area contributed by atoms with E-state index in [0.29, 0.717) is 13.0 Å². The van der Waals surface area contributed by atoms with Crippen LogP contribution in [0.25, 0.3) is 0 Å². The van der Waals surface area contributed by atoms with E-state index in [4.69, 9.17) is 4.74 Å². The van der Waals surface area contributed by atoms with E-state index >= 15 is 0 Å². The van der Waals surface area contributed by atoms with Gasteiger partial charge in [0.1, 0.15) is 6.54 Å². The Kier molecular flexibility index (Phi) is 5.08. The van der Waals surface area contributed by atoms with Crippen LogP contribution in [-0.2, 0) is 34.3 Å². The van der Waals surface area contributed by atoms with Crippen molar-refractivity contribution in [3.63, 3.8) is 0 Å². The molecule has 0 aliphatic carbocycles. The topological polar surface area (TPSA) is 77.7 Å². The number of fused-ring (bicyclic) bond motifs is 1. The molecule has 3 rings (SSSR count). The number of hydrogen-bond donors (Lipinski definition) is 2. The highest BCUT2D eigenvalue weighted by atomic mass is 16.5. The molecule has 2 aromatic rings. The van der Waals surface area contributed by atoms with Crippen LogP contribution < -0.4 is 10.2 Å². The molecule has 0 spiro atoms. The standard InChI is InChI=1S/C19H24N4O3/c1-12-18(13(2)22(3)21-12)20-17(24)11-23-10-15-8-6-5-7-14(15)9-16(23)19(25)26-4/h5-8,16H,9-11H2,1-4H3,(H,20,24)/p+1/t16-/m1/s1. The second-order valence-corrected chi connectivity index (χ2v) is 6.78. The van der Waals surface area contributed by atoms with Gasteiger partial charge in [-0.15, -0.1) is 0 Å².